The van der Waals surface area contributed by atoms with Gasteiger partial charge in [-0.1, -0.05) is 0 Å². The van der Waals surface area contributed by atoms with Crippen LogP contribution < -0.4 is 5.56 Å². The Bertz CT molecular complexity index is 974. The second-order valence-corrected chi connectivity index (χ2v) is 9.08. The van der Waals surface area contributed by atoms with E-state index >= 15 is 0 Å². The Morgan fingerprint density at radius 2 is 2.20 bits per heavy atom. The monoisotopic (exact) mass is 371 g/mol. The molecule has 4 heterocycles. The van der Waals surface area contributed by atoms with Crippen molar-refractivity contribution < 1.29 is 0 Å². The van der Waals surface area contributed by atoms with Gasteiger partial charge in [0.25, 0.3) is 5.56 Å². The summed E-state index contributed by atoms with van der Waals surface area (Å²) in [6.45, 7) is 6.36. The van der Waals surface area contributed by atoms with Gasteiger partial charge in [-0.3, -0.25) is 14.1 Å². The van der Waals surface area contributed by atoms with E-state index in [4.69, 9.17) is 0 Å². The maximum Gasteiger partial charge on any atom is 0.263 e. The molecule has 1 saturated heterocycles. The molecule has 4 unspecified atom stereocenters. The van der Waals surface area contributed by atoms with E-state index in [9.17, 15) is 4.79 Å². The van der Waals surface area contributed by atoms with Crippen molar-refractivity contribution in [2.75, 3.05) is 13.1 Å². The Balaban J connectivity index is 1.43. The third-order valence-electron chi connectivity index (χ3n) is 6.22. The zero-order chi connectivity index (χ0) is 17.1. The van der Waals surface area contributed by atoms with Gasteiger partial charge in [-0.15, -0.1) is 11.3 Å². The third-order valence-corrected chi connectivity index (χ3v) is 7.68. The van der Waals surface area contributed by atoms with Crippen LogP contribution in [0, 0.1) is 18.8 Å². The average molecular weight is 372 g/mol. The van der Waals surface area contributed by atoms with Crippen LogP contribution in [0.15, 0.2) is 33.2 Å². The molecule has 6 heteroatoms. The summed E-state index contributed by atoms with van der Waals surface area (Å²) >= 11 is 3.31. The van der Waals surface area contributed by atoms with Gasteiger partial charge in [-0.05, 0) is 60.4 Å². The summed E-state index contributed by atoms with van der Waals surface area (Å²) in [7, 11) is 0. The minimum atomic E-state index is 0.102. The zero-order valence-electron chi connectivity index (χ0n) is 14.4. The highest BCUT2D eigenvalue weighted by molar-refractivity contribution is 7.15. The molecule has 4 nitrogen and oxygen atoms in total. The normalized spacial score (nSPS) is 27.4. The van der Waals surface area contributed by atoms with Crippen molar-refractivity contribution in [1.82, 2.24) is 14.3 Å². The first-order valence-corrected chi connectivity index (χ1v) is 10.7. The molecule has 3 aromatic heterocycles. The van der Waals surface area contributed by atoms with Crippen molar-refractivity contribution in [3.05, 3.63) is 55.6 Å². The lowest BCUT2D eigenvalue weighted by atomic mass is 9.64. The maximum absolute atomic E-state index is 12.9. The number of thiazole rings is 1. The molecule has 0 amide bonds. The van der Waals surface area contributed by atoms with Crippen molar-refractivity contribution in [3.8, 4) is 0 Å². The van der Waals surface area contributed by atoms with Gasteiger partial charge < -0.3 is 0 Å². The topological polar surface area (TPSA) is 37.6 Å². The fourth-order valence-electron chi connectivity index (χ4n) is 4.79. The van der Waals surface area contributed by atoms with Gasteiger partial charge in [0.15, 0.2) is 4.96 Å². The van der Waals surface area contributed by atoms with Crippen LogP contribution in [0.2, 0.25) is 0 Å². The number of hydrogen-bond acceptors (Lipinski definition) is 5. The lowest BCUT2D eigenvalue weighted by molar-refractivity contribution is 0.191. The fraction of sp³-hybridized carbons (Fsp3) is 0.474. The molecule has 25 heavy (non-hydrogen) atoms. The van der Waals surface area contributed by atoms with Gasteiger partial charge in [-0.25, -0.2) is 4.98 Å². The molecule has 4 atom stereocenters. The number of fused-ring (bicyclic) bond motifs is 2. The van der Waals surface area contributed by atoms with Crippen LogP contribution in [0.5, 0.6) is 0 Å². The van der Waals surface area contributed by atoms with Gasteiger partial charge in [0.2, 0.25) is 0 Å². The van der Waals surface area contributed by atoms with Crippen LogP contribution in [0.25, 0.3) is 4.96 Å². The lowest BCUT2D eigenvalue weighted by Gasteiger charge is -2.39. The molecule has 130 valence electrons. The predicted molar refractivity (Wildman–Crippen MR) is 103 cm³/mol. The van der Waals surface area contributed by atoms with Gasteiger partial charge in [-0.2, -0.15) is 11.3 Å². The molecule has 5 rings (SSSR count). The number of aromatic nitrogens is 2. The van der Waals surface area contributed by atoms with E-state index in [-0.39, 0.29) is 11.6 Å². The molecule has 0 aromatic carbocycles. The highest BCUT2D eigenvalue weighted by atomic mass is 32.1. The summed E-state index contributed by atoms with van der Waals surface area (Å²) in [5, 5.41) is 6.42. The first kappa shape index (κ1) is 15.7. The number of likely N-dealkylation sites (tertiary alicyclic amines) is 1. The maximum atomic E-state index is 12.9. The average Bonchev–Trinajstić information content (AvgIpc) is 3.29. The molecule has 0 bridgehead atoms. The van der Waals surface area contributed by atoms with Crippen molar-refractivity contribution in [3.63, 3.8) is 0 Å². The Kier molecular flexibility index (Phi) is 3.62. The number of rotatable bonds is 3. The van der Waals surface area contributed by atoms with Crippen LogP contribution in [0.1, 0.15) is 42.1 Å². The van der Waals surface area contributed by atoms with Crippen molar-refractivity contribution in [2.24, 2.45) is 11.8 Å². The largest absolute Gasteiger partial charge is 0.296 e. The molecule has 1 aliphatic carbocycles. The first-order chi connectivity index (χ1) is 12.1. The van der Waals surface area contributed by atoms with Gasteiger partial charge >= 0.3 is 0 Å². The third kappa shape index (κ3) is 2.34. The predicted octanol–water partition coefficient (Wildman–Crippen LogP) is 3.92. The van der Waals surface area contributed by atoms with Crippen LogP contribution in [-0.4, -0.2) is 27.4 Å². The van der Waals surface area contributed by atoms with Crippen LogP contribution >= 0.6 is 22.7 Å². The Morgan fingerprint density at radius 1 is 1.32 bits per heavy atom. The molecule has 1 saturated carbocycles. The highest BCUT2D eigenvalue weighted by Crippen LogP contribution is 2.52. The SMILES string of the molecule is Cc1nc2sccn2c(=O)c1C(C)N1CC2CC(c3ccsc3)C2C1. The number of aryl methyl sites for hydroxylation is 1. The lowest BCUT2D eigenvalue weighted by Crippen LogP contribution is -2.33. The molecular weight excluding hydrogens is 350 g/mol. The minimum Gasteiger partial charge on any atom is -0.296 e. The van der Waals surface area contributed by atoms with E-state index < -0.39 is 0 Å². The summed E-state index contributed by atoms with van der Waals surface area (Å²) in [5.74, 6) is 2.25. The Hall–Kier alpha value is -1.50. The molecule has 1 aliphatic heterocycles. The van der Waals surface area contributed by atoms with E-state index in [0.717, 1.165) is 41.1 Å². The van der Waals surface area contributed by atoms with E-state index in [0.29, 0.717) is 5.92 Å². The molecule has 3 aromatic rings. The highest BCUT2D eigenvalue weighted by Gasteiger charge is 2.48. The zero-order valence-corrected chi connectivity index (χ0v) is 16.0. The van der Waals surface area contributed by atoms with E-state index in [1.165, 1.54) is 23.3 Å². The number of thiophene rings is 1. The van der Waals surface area contributed by atoms with E-state index in [1.807, 2.05) is 18.5 Å². The molecular formula is C19H21N3OS2. The summed E-state index contributed by atoms with van der Waals surface area (Å²) in [5.41, 5.74) is 3.36. The molecule has 2 fully saturated rings. The summed E-state index contributed by atoms with van der Waals surface area (Å²) < 4.78 is 1.70. The van der Waals surface area contributed by atoms with Crippen LogP contribution in [-0.2, 0) is 0 Å². The van der Waals surface area contributed by atoms with Crippen LogP contribution in [0.3, 0.4) is 0 Å². The van der Waals surface area contributed by atoms with E-state index in [1.54, 1.807) is 15.7 Å². The summed E-state index contributed by atoms with van der Waals surface area (Å²) in [6, 6.07) is 2.41. The van der Waals surface area contributed by atoms with Crippen molar-refractivity contribution >= 4 is 27.6 Å². The number of nitrogens with zero attached hydrogens (tertiary/aromatic N) is 3. The second kappa shape index (κ2) is 5.76. The smallest absolute Gasteiger partial charge is 0.263 e. The van der Waals surface area contributed by atoms with Crippen molar-refractivity contribution in [1.29, 1.82) is 0 Å². The Morgan fingerprint density at radius 3 is 3.00 bits per heavy atom. The van der Waals surface area contributed by atoms with Gasteiger partial charge in [0.1, 0.15) is 0 Å². The second-order valence-electron chi connectivity index (χ2n) is 7.42. The molecule has 0 radical (unpaired) electrons. The minimum absolute atomic E-state index is 0.102. The van der Waals surface area contributed by atoms with Crippen LogP contribution in [0.4, 0.5) is 0 Å². The van der Waals surface area contributed by atoms with Crippen molar-refractivity contribution in [2.45, 2.75) is 32.2 Å². The quantitative estimate of drug-likeness (QED) is 0.700. The standard InChI is InChI=1S/C19H21N3OS2/c1-11-17(18(23)22-4-6-25-19(22)20-11)12(2)21-8-14-7-15(16(14)9-21)13-3-5-24-10-13/h3-6,10,12,14-16H,7-9H2,1-2H3. The van der Waals surface area contributed by atoms with Gasteiger partial charge in [0, 0.05) is 30.7 Å². The summed E-state index contributed by atoms with van der Waals surface area (Å²) in [4.78, 5) is 20.9. The Labute approximate surface area is 154 Å². The summed E-state index contributed by atoms with van der Waals surface area (Å²) in [6.07, 6.45) is 3.13. The van der Waals surface area contributed by atoms with Gasteiger partial charge in [0.05, 0.1) is 11.3 Å². The van der Waals surface area contributed by atoms with E-state index in [2.05, 4.69) is 33.6 Å². The molecule has 0 N–H and O–H groups in total. The first-order valence-electron chi connectivity index (χ1n) is 8.86. The number of hydrogen-bond donors (Lipinski definition) is 0. The molecule has 0 spiro atoms. The molecule has 2 aliphatic rings. The fourth-order valence-corrected chi connectivity index (χ4v) is 6.26.